The highest BCUT2D eigenvalue weighted by Crippen LogP contribution is 2.27. The minimum Gasteiger partial charge on any atom is -0.144 e. The minimum absolute atomic E-state index is 0.819. The molecule has 0 unspecified atom stereocenters. The molecule has 0 nitrogen and oxygen atoms in total. The number of halogens is 1. The maximum absolute atomic E-state index is 5.85. The third kappa shape index (κ3) is 1.15. The van der Waals surface area contributed by atoms with Crippen LogP contribution >= 0.6 is 22.9 Å². The number of aryl methyl sites for hydroxylation is 1. The summed E-state index contributed by atoms with van der Waals surface area (Å²) in [5, 5.41) is 4.25. The predicted octanol–water partition coefficient (Wildman–Crippen LogP) is 3.86. The fraction of sp³-hybridized carbons (Fsp3) is 0.111. The second-order valence-electron chi connectivity index (χ2n) is 2.56. The highest BCUT2D eigenvalue weighted by atomic mass is 35.5. The fourth-order valence-corrected chi connectivity index (χ4v) is 2.22. The molecule has 0 atom stereocenters. The summed E-state index contributed by atoms with van der Waals surface area (Å²) in [6.07, 6.45) is 0. The van der Waals surface area contributed by atoms with Gasteiger partial charge in [-0.1, -0.05) is 11.6 Å². The van der Waals surface area contributed by atoms with E-state index in [1.807, 2.05) is 12.1 Å². The van der Waals surface area contributed by atoms with Crippen molar-refractivity contribution in [3.8, 4) is 0 Å². The van der Waals surface area contributed by atoms with Gasteiger partial charge in [0, 0.05) is 9.72 Å². The monoisotopic (exact) mass is 182 g/mol. The van der Waals surface area contributed by atoms with Crippen LogP contribution in [0, 0.1) is 6.92 Å². The average Bonchev–Trinajstić information content (AvgIpc) is 2.33. The smallest absolute Gasteiger partial charge is 0.0413 e. The lowest BCUT2D eigenvalue weighted by Crippen LogP contribution is -1.66. The lowest BCUT2D eigenvalue weighted by Gasteiger charge is -1.91. The number of benzene rings is 1. The maximum atomic E-state index is 5.85. The van der Waals surface area contributed by atoms with Crippen LogP contribution < -0.4 is 0 Å². The van der Waals surface area contributed by atoms with Gasteiger partial charge in [0.1, 0.15) is 0 Å². The van der Waals surface area contributed by atoms with Crippen LogP contribution in [0.1, 0.15) is 5.56 Å². The van der Waals surface area contributed by atoms with E-state index in [1.54, 1.807) is 11.3 Å². The molecular weight excluding hydrogens is 176 g/mol. The first-order chi connectivity index (χ1) is 5.27. The first kappa shape index (κ1) is 7.14. The van der Waals surface area contributed by atoms with Gasteiger partial charge in [-0.3, -0.25) is 0 Å². The average molecular weight is 183 g/mol. The van der Waals surface area contributed by atoms with Gasteiger partial charge in [0.2, 0.25) is 0 Å². The highest BCUT2D eigenvalue weighted by Gasteiger charge is 1.98. The third-order valence-corrected chi connectivity index (χ3v) is 3.05. The van der Waals surface area contributed by atoms with Gasteiger partial charge in [-0.05, 0) is 41.5 Å². The van der Waals surface area contributed by atoms with Crippen molar-refractivity contribution in [2.24, 2.45) is 0 Å². The zero-order chi connectivity index (χ0) is 7.84. The molecule has 0 saturated heterocycles. The van der Waals surface area contributed by atoms with Crippen molar-refractivity contribution in [2.75, 3.05) is 0 Å². The van der Waals surface area contributed by atoms with Crippen molar-refractivity contribution in [1.82, 2.24) is 0 Å². The summed E-state index contributed by atoms with van der Waals surface area (Å²) in [6, 6.07) is 6.01. The molecule has 0 amide bonds. The fourth-order valence-electron chi connectivity index (χ4n) is 1.13. The molecular formula is C9H7ClS. The number of hydrogen-bond acceptors (Lipinski definition) is 1. The summed E-state index contributed by atoms with van der Waals surface area (Å²) in [6.45, 7) is 2.11. The van der Waals surface area contributed by atoms with E-state index in [-0.39, 0.29) is 0 Å². The molecule has 0 N–H and O–H groups in total. The van der Waals surface area contributed by atoms with E-state index in [0.717, 1.165) is 5.02 Å². The Hall–Kier alpha value is -0.530. The van der Waals surface area contributed by atoms with Crippen LogP contribution in [0.15, 0.2) is 23.6 Å². The van der Waals surface area contributed by atoms with Crippen molar-refractivity contribution >= 4 is 33.0 Å². The maximum Gasteiger partial charge on any atom is 0.0413 e. The molecule has 2 rings (SSSR count). The van der Waals surface area contributed by atoms with E-state index in [4.69, 9.17) is 11.6 Å². The molecule has 2 heteroatoms. The summed E-state index contributed by atoms with van der Waals surface area (Å²) < 4.78 is 1.31. The van der Waals surface area contributed by atoms with Gasteiger partial charge in [0.15, 0.2) is 0 Å². The molecule has 0 aliphatic heterocycles. The molecule has 0 spiro atoms. The van der Waals surface area contributed by atoms with E-state index in [0.29, 0.717) is 0 Å². The SMILES string of the molecule is Cc1csc2ccc(Cl)cc12. The van der Waals surface area contributed by atoms with Crippen LogP contribution in [-0.4, -0.2) is 0 Å². The summed E-state index contributed by atoms with van der Waals surface area (Å²) in [5.41, 5.74) is 1.31. The Morgan fingerprint density at radius 2 is 2.18 bits per heavy atom. The second-order valence-corrected chi connectivity index (χ2v) is 3.91. The van der Waals surface area contributed by atoms with Crippen molar-refractivity contribution in [3.05, 3.63) is 34.2 Å². The van der Waals surface area contributed by atoms with Crippen LogP contribution in [0.3, 0.4) is 0 Å². The van der Waals surface area contributed by atoms with Crippen LogP contribution in [0.5, 0.6) is 0 Å². The molecule has 11 heavy (non-hydrogen) atoms. The van der Waals surface area contributed by atoms with Crippen molar-refractivity contribution in [1.29, 1.82) is 0 Å². The second kappa shape index (κ2) is 2.50. The summed E-state index contributed by atoms with van der Waals surface area (Å²) in [7, 11) is 0. The Morgan fingerprint density at radius 3 is 3.00 bits per heavy atom. The number of fused-ring (bicyclic) bond motifs is 1. The quantitative estimate of drug-likeness (QED) is 0.581. The van der Waals surface area contributed by atoms with Gasteiger partial charge in [0.25, 0.3) is 0 Å². The Bertz CT molecular complexity index is 389. The highest BCUT2D eigenvalue weighted by molar-refractivity contribution is 7.17. The van der Waals surface area contributed by atoms with Gasteiger partial charge >= 0.3 is 0 Å². The molecule has 0 aliphatic carbocycles. The first-order valence-corrected chi connectivity index (χ1v) is 4.66. The van der Waals surface area contributed by atoms with E-state index in [1.165, 1.54) is 15.6 Å². The Labute approximate surface area is 74.4 Å². The Kier molecular flexibility index (Phi) is 1.63. The van der Waals surface area contributed by atoms with Gasteiger partial charge in [-0.2, -0.15) is 0 Å². The van der Waals surface area contributed by atoms with Crippen LogP contribution in [0.25, 0.3) is 10.1 Å². The van der Waals surface area contributed by atoms with E-state index < -0.39 is 0 Å². The molecule has 56 valence electrons. The van der Waals surface area contributed by atoms with Gasteiger partial charge in [-0.25, -0.2) is 0 Å². The molecule has 2 aromatic rings. The molecule has 0 radical (unpaired) electrons. The number of rotatable bonds is 0. The van der Waals surface area contributed by atoms with Gasteiger partial charge in [0.05, 0.1) is 0 Å². The van der Waals surface area contributed by atoms with Gasteiger partial charge < -0.3 is 0 Å². The van der Waals surface area contributed by atoms with E-state index in [9.17, 15) is 0 Å². The lowest BCUT2D eigenvalue weighted by atomic mass is 10.2. The van der Waals surface area contributed by atoms with Crippen molar-refractivity contribution in [3.63, 3.8) is 0 Å². The summed E-state index contributed by atoms with van der Waals surface area (Å²) in [5.74, 6) is 0. The molecule has 0 fully saturated rings. The van der Waals surface area contributed by atoms with Crippen LogP contribution in [0.2, 0.25) is 5.02 Å². The number of hydrogen-bond donors (Lipinski definition) is 0. The summed E-state index contributed by atoms with van der Waals surface area (Å²) in [4.78, 5) is 0. The zero-order valence-corrected chi connectivity index (χ0v) is 7.67. The van der Waals surface area contributed by atoms with Crippen LogP contribution in [-0.2, 0) is 0 Å². The molecule has 1 aromatic heterocycles. The zero-order valence-electron chi connectivity index (χ0n) is 6.10. The third-order valence-electron chi connectivity index (χ3n) is 1.73. The minimum atomic E-state index is 0.819. The van der Waals surface area contributed by atoms with Crippen LogP contribution in [0.4, 0.5) is 0 Å². The van der Waals surface area contributed by atoms with E-state index >= 15 is 0 Å². The Balaban J connectivity index is 2.87. The molecule has 0 aliphatic rings. The lowest BCUT2D eigenvalue weighted by molar-refractivity contribution is 1.60. The molecule has 0 saturated carbocycles. The first-order valence-electron chi connectivity index (χ1n) is 3.41. The summed E-state index contributed by atoms with van der Waals surface area (Å²) >= 11 is 7.62. The standard InChI is InChI=1S/C9H7ClS/c1-6-5-11-9-3-2-7(10)4-8(6)9/h2-5H,1H3. The number of thiophene rings is 1. The predicted molar refractivity (Wildman–Crippen MR) is 51.6 cm³/mol. The molecule has 1 heterocycles. The topological polar surface area (TPSA) is 0 Å². The molecule has 1 aromatic carbocycles. The van der Waals surface area contributed by atoms with E-state index in [2.05, 4.69) is 18.4 Å². The largest absolute Gasteiger partial charge is 0.144 e. The van der Waals surface area contributed by atoms with Gasteiger partial charge in [-0.15, -0.1) is 11.3 Å². The Morgan fingerprint density at radius 1 is 1.36 bits per heavy atom. The van der Waals surface area contributed by atoms with Crippen molar-refractivity contribution < 1.29 is 0 Å². The molecule has 0 bridgehead atoms. The normalized spacial score (nSPS) is 10.7. The van der Waals surface area contributed by atoms with Crippen molar-refractivity contribution in [2.45, 2.75) is 6.92 Å².